The van der Waals surface area contributed by atoms with Gasteiger partial charge in [0.05, 0.1) is 19.8 Å². The second kappa shape index (κ2) is 9.08. The van der Waals surface area contributed by atoms with Crippen molar-refractivity contribution >= 4 is 0 Å². The molecule has 1 atom stereocenters. The van der Waals surface area contributed by atoms with E-state index in [9.17, 15) is 0 Å². The van der Waals surface area contributed by atoms with E-state index in [4.69, 9.17) is 9.47 Å². The highest BCUT2D eigenvalue weighted by atomic mass is 16.5. The lowest BCUT2D eigenvalue weighted by molar-refractivity contribution is 0.0589. The molecule has 0 saturated carbocycles. The van der Waals surface area contributed by atoms with E-state index in [1.165, 1.54) is 16.7 Å². The average Bonchev–Trinajstić information content (AvgIpc) is 2.39. The number of aryl methyl sites for hydroxylation is 2. The Morgan fingerprint density at radius 3 is 2.58 bits per heavy atom. The van der Waals surface area contributed by atoms with Crippen molar-refractivity contribution in [3.63, 3.8) is 0 Å². The molecule has 0 bridgehead atoms. The maximum Gasteiger partial charge on any atom is 0.0701 e. The SMILES string of the molecule is CCNC(COCCOC)Cc1ccc(C)c(C)c1. The zero-order valence-corrected chi connectivity index (χ0v) is 12.7. The molecule has 0 amide bonds. The fraction of sp³-hybridized carbons (Fsp3) is 0.625. The number of methoxy groups -OCH3 is 1. The predicted octanol–water partition coefficient (Wildman–Crippen LogP) is 2.49. The zero-order valence-electron chi connectivity index (χ0n) is 12.7. The number of rotatable bonds is 9. The molecular formula is C16H27NO2. The molecule has 1 aromatic rings. The van der Waals surface area contributed by atoms with Gasteiger partial charge in [-0.3, -0.25) is 0 Å². The van der Waals surface area contributed by atoms with Crippen LogP contribution < -0.4 is 5.32 Å². The summed E-state index contributed by atoms with van der Waals surface area (Å²) in [7, 11) is 1.69. The van der Waals surface area contributed by atoms with Gasteiger partial charge in [-0.05, 0) is 43.5 Å². The first kappa shape index (κ1) is 16.2. The summed E-state index contributed by atoms with van der Waals surface area (Å²) in [6.45, 7) is 9.44. The number of benzene rings is 1. The Kier molecular flexibility index (Phi) is 7.72. The summed E-state index contributed by atoms with van der Waals surface area (Å²) in [6, 6.07) is 7.04. The highest BCUT2D eigenvalue weighted by Gasteiger charge is 2.09. The summed E-state index contributed by atoms with van der Waals surface area (Å²) in [4.78, 5) is 0. The Morgan fingerprint density at radius 2 is 1.95 bits per heavy atom. The smallest absolute Gasteiger partial charge is 0.0701 e. The molecule has 0 radical (unpaired) electrons. The molecule has 0 saturated heterocycles. The van der Waals surface area contributed by atoms with Gasteiger partial charge in [-0.2, -0.15) is 0 Å². The highest BCUT2D eigenvalue weighted by molar-refractivity contribution is 5.30. The van der Waals surface area contributed by atoms with Gasteiger partial charge in [-0.1, -0.05) is 25.1 Å². The van der Waals surface area contributed by atoms with Crippen LogP contribution in [0.25, 0.3) is 0 Å². The minimum atomic E-state index is 0.365. The molecular weight excluding hydrogens is 238 g/mol. The monoisotopic (exact) mass is 265 g/mol. The quantitative estimate of drug-likeness (QED) is 0.696. The van der Waals surface area contributed by atoms with Crippen molar-refractivity contribution in [2.24, 2.45) is 0 Å². The summed E-state index contributed by atoms with van der Waals surface area (Å²) in [6.07, 6.45) is 1.00. The van der Waals surface area contributed by atoms with E-state index >= 15 is 0 Å². The van der Waals surface area contributed by atoms with Crippen LogP contribution in [-0.4, -0.2) is 39.5 Å². The standard InChI is InChI=1S/C16H27NO2/c1-5-17-16(12-19-9-8-18-4)11-15-7-6-13(2)14(3)10-15/h6-7,10,16-17H,5,8-9,11-12H2,1-4H3. The molecule has 0 aliphatic rings. The lowest BCUT2D eigenvalue weighted by atomic mass is 10.0. The molecule has 19 heavy (non-hydrogen) atoms. The van der Waals surface area contributed by atoms with Crippen molar-refractivity contribution in [2.75, 3.05) is 33.5 Å². The summed E-state index contributed by atoms with van der Waals surface area (Å²) >= 11 is 0. The van der Waals surface area contributed by atoms with E-state index in [1.807, 2.05) is 0 Å². The Hall–Kier alpha value is -0.900. The first-order valence-electron chi connectivity index (χ1n) is 7.03. The molecule has 3 heteroatoms. The van der Waals surface area contributed by atoms with Crippen LogP contribution in [0.15, 0.2) is 18.2 Å². The van der Waals surface area contributed by atoms with Gasteiger partial charge in [0.15, 0.2) is 0 Å². The van der Waals surface area contributed by atoms with Gasteiger partial charge in [0, 0.05) is 13.2 Å². The van der Waals surface area contributed by atoms with Gasteiger partial charge in [0.1, 0.15) is 0 Å². The molecule has 1 N–H and O–H groups in total. The molecule has 3 nitrogen and oxygen atoms in total. The van der Waals surface area contributed by atoms with Crippen molar-refractivity contribution in [3.05, 3.63) is 34.9 Å². The molecule has 1 aromatic carbocycles. The Labute approximate surface area is 117 Å². The normalized spacial score (nSPS) is 12.6. The molecule has 0 aliphatic heterocycles. The molecule has 1 rings (SSSR count). The van der Waals surface area contributed by atoms with Gasteiger partial charge in [-0.25, -0.2) is 0 Å². The van der Waals surface area contributed by atoms with Gasteiger partial charge in [-0.15, -0.1) is 0 Å². The number of nitrogens with one attached hydrogen (secondary N) is 1. The number of hydrogen-bond acceptors (Lipinski definition) is 3. The molecule has 0 heterocycles. The van der Waals surface area contributed by atoms with E-state index in [0.29, 0.717) is 19.3 Å². The summed E-state index contributed by atoms with van der Waals surface area (Å²) in [5, 5.41) is 3.48. The molecule has 0 aromatic heterocycles. The predicted molar refractivity (Wildman–Crippen MR) is 79.8 cm³/mol. The van der Waals surface area contributed by atoms with Crippen molar-refractivity contribution in [3.8, 4) is 0 Å². The second-order valence-electron chi connectivity index (χ2n) is 4.95. The van der Waals surface area contributed by atoms with E-state index in [2.05, 4.69) is 44.3 Å². The fourth-order valence-corrected chi connectivity index (χ4v) is 2.06. The van der Waals surface area contributed by atoms with E-state index in [1.54, 1.807) is 7.11 Å². The molecule has 108 valence electrons. The maximum atomic E-state index is 5.63. The number of likely N-dealkylation sites (N-methyl/N-ethyl adjacent to an activating group) is 1. The first-order chi connectivity index (χ1) is 9.17. The minimum Gasteiger partial charge on any atom is -0.382 e. The maximum absolute atomic E-state index is 5.63. The minimum absolute atomic E-state index is 0.365. The van der Waals surface area contributed by atoms with Crippen molar-refractivity contribution in [2.45, 2.75) is 33.2 Å². The fourth-order valence-electron chi connectivity index (χ4n) is 2.06. The molecule has 0 aliphatic carbocycles. The van der Waals surface area contributed by atoms with Gasteiger partial charge in [0.2, 0.25) is 0 Å². The van der Waals surface area contributed by atoms with Gasteiger partial charge < -0.3 is 14.8 Å². The third-order valence-electron chi connectivity index (χ3n) is 3.30. The highest BCUT2D eigenvalue weighted by Crippen LogP contribution is 2.11. The van der Waals surface area contributed by atoms with Crippen LogP contribution in [0.3, 0.4) is 0 Å². The van der Waals surface area contributed by atoms with Crippen LogP contribution in [0.2, 0.25) is 0 Å². The van der Waals surface area contributed by atoms with Crippen molar-refractivity contribution in [1.82, 2.24) is 5.32 Å². The lowest BCUT2D eigenvalue weighted by Crippen LogP contribution is -2.35. The first-order valence-corrected chi connectivity index (χ1v) is 7.03. The van der Waals surface area contributed by atoms with E-state index < -0.39 is 0 Å². The van der Waals surface area contributed by atoms with Crippen LogP contribution in [-0.2, 0) is 15.9 Å². The van der Waals surface area contributed by atoms with Crippen LogP contribution in [0, 0.1) is 13.8 Å². The Balaban J connectivity index is 2.49. The van der Waals surface area contributed by atoms with Crippen LogP contribution in [0.5, 0.6) is 0 Å². The zero-order chi connectivity index (χ0) is 14.1. The second-order valence-corrected chi connectivity index (χ2v) is 4.95. The van der Waals surface area contributed by atoms with E-state index in [0.717, 1.165) is 19.6 Å². The molecule has 0 fully saturated rings. The summed E-state index contributed by atoms with van der Waals surface area (Å²) in [5.41, 5.74) is 4.07. The van der Waals surface area contributed by atoms with Gasteiger partial charge in [0.25, 0.3) is 0 Å². The van der Waals surface area contributed by atoms with Crippen molar-refractivity contribution in [1.29, 1.82) is 0 Å². The van der Waals surface area contributed by atoms with Crippen molar-refractivity contribution < 1.29 is 9.47 Å². The van der Waals surface area contributed by atoms with Crippen LogP contribution >= 0.6 is 0 Å². The Morgan fingerprint density at radius 1 is 1.16 bits per heavy atom. The number of hydrogen-bond donors (Lipinski definition) is 1. The third-order valence-corrected chi connectivity index (χ3v) is 3.30. The van der Waals surface area contributed by atoms with E-state index in [-0.39, 0.29) is 0 Å². The van der Waals surface area contributed by atoms with Crippen LogP contribution in [0.1, 0.15) is 23.6 Å². The largest absolute Gasteiger partial charge is 0.382 e. The molecule has 1 unspecified atom stereocenters. The number of ether oxygens (including phenoxy) is 2. The average molecular weight is 265 g/mol. The lowest BCUT2D eigenvalue weighted by Gasteiger charge is -2.18. The van der Waals surface area contributed by atoms with Gasteiger partial charge >= 0.3 is 0 Å². The molecule has 0 spiro atoms. The summed E-state index contributed by atoms with van der Waals surface area (Å²) in [5.74, 6) is 0. The topological polar surface area (TPSA) is 30.5 Å². The third kappa shape index (κ3) is 6.19. The van der Waals surface area contributed by atoms with Crippen LogP contribution in [0.4, 0.5) is 0 Å². The Bertz CT molecular complexity index is 366. The summed E-state index contributed by atoms with van der Waals surface area (Å²) < 4.78 is 10.6.